The van der Waals surface area contributed by atoms with Crippen molar-refractivity contribution in [1.29, 1.82) is 0 Å². The number of hydrogen-bond acceptors (Lipinski definition) is 1. The van der Waals surface area contributed by atoms with Gasteiger partial charge in [0.2, 0.25) is 0 Å². The van der Waals surface area contributed by atoms with Gasteiger partial charge in [-0.2, -0.15) is 0 Å². The van der Waals surface area contributed by atoms with E-state index in [9.17, 15) is 0 Å². The summed E-state index contributed by atoms with van der Waals surface area (Å²) < 4.78 is 0. The molecule has 9 rings (SSSR count). The Bertz CT molecular complexity index is 2390. The Morgan fingerprint density at radius 2 is 1.06 bits per heavy atom. The average molecular weight is 644 g/mol. The zero-order valence-corrected chi connectivity index (χ0v) is 29.2. The summed E-state index contributed by atoms with van der Waals surface area (Å²) in [5, 5.41) is 5.23. The highest BCUT2D eigenvalue weighted by Gasteiger charge is 2.48. The second-order valence-corrected chi connectivity index (χ2v) is 14.7. The molecule has 7 aromatic rings. The summed E-state index contributed by atoms with van der Waals surface area (Å²) in [5.74, 6) is 0.728. The molecule has 0 aliphatic heterocycles. The van der Waals surface area contributed by atoms with Crippen LogP contribution in [0.1, 0.15) is 47.6 Å². The van der Waals surface area contributed by atoms with E-state index < -0.39 is 0 Å². The lowest BCUT2D eigenvalue weighted by Crippen LogP contribution is -2.28. The average Bonchev–Trinajstić information content (AvgIpc) is 3.37. The molecule has 0 saturated carbocycles. The van der Waals surface area contributed by atoms with Crippen molar-refractivity contribution in [3.63, 3.8) is 0 Å². The van der Waals surface area contributed by atoms with Crippen molar-refractivity contribution in [1.82, 2.24) is 0 Å². The van der Waals surface area contributed by atoms with Crippen LogP contribution in [0.3, 0.4) is 0 Å². The Morgan fingerprint density at radius 3 is 1.64 bits per heavy atom. The van der Waals surface area contributed by atoms with Crippen molar-refractivity contribution in [2.45, 2.75) is 39.0 Å². The highest BCUT2D eigenvalue weighted by Crippen LogP contribution is 2.59. The van der Waals surface area contributed by atoms with Crippen molar-refractivity contribution < 1.29 is 0 Å². The molecule has 1 nitrogen and oxygen atoms in total. The van der Waals surface area contributed by atoms with Crippen LogP contribution in [-0.4, -0.2) is 0 Å². The minimum absolute atomic E-state index is 0.00895. The zero-order chi connectivity index (χ0) is 34.0. The topological polar surface area (TPSA) is 3.24 Å². The second kappa shape index (κ2) is 11.7. The summed E-state index contributed by atoms with van der Waals surface area (Å²) >= 11 is 0. The molecule has 0 radical (unpaired) electrons. The third-order valence-electron chi connectivity index (χ3n) is 11.2. The molecule has 0 aromatic heterocycles. The summed E-state index contributed by atoms with van der Waals surface area (Å²) in [6, 6.07) is 54.0. The molecule has 7 aromatic carbocycles. The van der Waals surface area contributed by atoms with Crippen LogP contribution in [0.5, 0.6) is 0 Å². The molecule has 0 heterocycles. The minimum atomic E-state index is 0.00895. The largest absolute Gasteiger partial charge is 0.310 e. The van der Waals surface area contributed by atoms with Crippen LogP contribution < -0.4 is 4.90 Å². The van der Waals surface area contributed by atoms with E-state index in [-0.39, 0.29) is 5.41 Å². The number of rotatable bonds is 5. The predicted octanol–water partition coefficient (Wildman–Crippen LogP) is 13.4. The third-order valence-corrected chi connectivity index (χ3v) is 11.2. The van der Waals surface area contributed by atoms with E-state index in [0.29, 0.717) is 11.8 Å². The lowest BCUT2D eigenvalue weighted by molar-refractivity contribution is 0.407. The van der Waals surface area contributed by atoms with Crippen LogP contribution in [0.2, 0.25) is 0 Å². The Kier molecular flexibility index (Phi) is 7.14. The van der Waals surface area contributed by atoms with E-state index in [1.807, 2.05) is 0 Å². The molecule has 0 fully saturated rings. The van der Waals surface area contributed by atoms with Crippen molar-refractivity contribution in [2.75, 3.05) is 4.90 Å². The van der Waals surface area contributed by atoms with Crippen molar-refractivity contribution >= 4 is 44.2 Å². The first-order valence-electron chi connectivity index (χ1n) is 17.9. The standard InChI is InChI=1S/C49H41N/c1-32-14-11-16-36(30-32)50(37-17-12-15-33(2)31-37)35-28-26-34(27-29-35)46-39-19-5-7-21-41(39)47(42-22-8-6-20-40(42)46)44-24-13-23-43-38-18-9-10-25-45(38)49(3,4)48(43)44/h5-31,43,48H,1-4H3. The first kappa shape index (κ1) is 30.4. The number of allylic oxidation sites excluding steroid dienone is 4. The third kappa shape index (κ3) is 4.76. The van der Waals surface area contributed by atoms with Gasteiger partial charge in [0, 0.05) is 28.9 Å². The summed E-state index contributed by atoms with van der Waals surface area (Å²) in [6.07, 6.45) is 7.14. The maximum Gasteiger partial charge on any atom is 0.0464 e. The molecular formula is C49H41N. The SMILES string of the molecule is Cc1cccc(N(c2ccc(-c3c4ccccc4c(C4=CC=CC5c6ccccc6C(C)(C)C45)c4ccccc34)cc2)c2cccc(C)c2)c1. The highest BCUT2D eigenvalue weighted by molar-refractivity contribution is 6.19. The Balaban J connectivity index is 1.22. The van der Waals surface area contributed by atoms with Gasteiger partial charge >= 0.3 is 0 Å². The number of benzene rings is 7. The molecule has 1 heteroatoms. The highest BCUT2D eigenvalue weighted by atomic mass is 15.1. The van der Waals surface area contributed by atoms with Gasteiger partial charge in [-0.25, -0.2) is 0 Å². The number of nitrogens with zero attached hydrogens (tertiary/aromatic N) is 1. The lowest BCUT2D eigenvalue weighted by atomic mass is 9.67. The first-order chi connectivity index (χ1) is 24.4. The Morgan fingerprint density at radius 1 is 0.520 bits per heavy atom. The summed E-state index contributed by atoms with van der Waals surface area (Å²) in [5.41, 5.74) is 14.3. The minimum Gasteiger partial charge on any atom is -0.310 e. The fourth-order valence-electron chi connectivity index (χ4n) is 9.10. The van der Waals surface area contributed by atoms with Gasteiger partial charge in [0.25, 0.3) is 0 Å². The fraction of sp³-hybridized carbons (Fsp3) is 0.143. The van der Waals surface area contributed by atoms with E-state index in [0.717, 1.165) is 17.1 Å². The molecular weight excluding hydrogens is 603 g/mol. The number of fused-ring (bicyclic) bond motifs is 5. The molecule has 0 saturated heterocycles. The smallest absolute Gasteiger partial charge is 0.0464 e. The maximum absolute atomic E-state index is 2.45. The van der Waals surface area contributed by atoms with Crippen LogP contribution in [0.25, 0.3) is 38.2 Å². The molecule has 242 valence electrons. The van der Waals surface area contributed by atoms with E-state index in [4.69, 9.17) is 0 Å². The van der Waals surface area contributed by atoms with Gasteiger partial charge in [-0.05, 0) is 122 Å². The van der Waals surface area contributed by atoms with Crippen molar-refractivity contribution in [2.24, 2.45) is 5.92 Å². The van der Waals surface area contributed by atoms with Gasteiger partial charge in [0.05, 0.1) is 0 Å². The number of hydrogen-bond donors (Lipinski definition) is 0. The molecule has 2 atom stereocenters. The lowest BCUT2D eigenvalue weighted by Gasteiger charge is -2.36. The van der Waals surface area contributed by atoms with E-state index in [2.05, 4.69) is 196 Å². The van der Waals surface area contributed by atoms with Gasteiger partial charge in [-0.1, -0.05) is 141 Å². The monoisotopic (exact) mass is 643 g/mol. The van der Waals surface area contributed by atoms with Gasteiger partial charge < -0.3 is 4.90 Å². The van der Waals surface area contributed by atoms with E-state index in [1.165, 1.54) is 66.1 Å². The summed E-state index contributed by atoms with van der Waals surface area (Å²) in [4.78, 5) is 2.37. The summed E-state index contributed by atoms with van der Waals surface area (Å²) in [6.45, 7) is 9.21. The normalized spacial score (nSPS) is 17.4. The molecule has 2 aliphatic carbocycles. The molecule has 0 N–H and O–H groups in total. The van der Waals surface area contributed by atoms with Crippen LogP contribution in [-0.2, 0) is 5.41 Å². The maximum atomic E-state index is 2.45. The summed E-state index contributed by atoms with van der Waals surface area (Å²) in [7, 11) is 0. The van der Waals surface area contributed by atoms with Gasteiger partial charge in [0.1, 0.15) is 0 Å². The number of aryl methyl sites for hydroxylation is 2. The van der Waals surface area contributed by atoms with Crippen molar-refractivity contribution in [3.8, 4) is 11.1 Å². The van der Waals surface area contributed by atoms with Gasteiger partial charge in [0.15, 0.2) is 0 Å². The number of anilines is 3. The second-order valence-electron chi connectivity index (χ2n) is 14.7. The Labute approximate surface area is 295 Å². The van der Waals surface area contributed by atoms with E-state index >= 15 is 0 Å². The van der Waals surface area contributed by atoms with Crippen LogP contribution in [0.15, 0.2) is 164 Å². The fourth-order valence-corrected chi connectivity index (χ4v) is 9.10. The molecule has 0 amide bonds. The molecule has 50 heavy (non-hydrogen) atoms. The Hall–Kier alpha value is -5.66. The predicted molar refractivity (Wildman–Crippen MR) is 214 cm³/mol. The zero-order valence-electron chi connectivity index (χ0n) is 29.2. The quantitative estimate of drug-likeness (QED) is 0.169. The van der Waals surface area contributed by atoms with Crippen LogP contribution >= 0.6 is 0 Å². The molecule has 2 aliphatic rings. The van der Waals surface area contributed by atoms with Gasteiger partial charge in [-0.3, -0.25) is 0 Å². The molecule has 0 spiro atoms. The van der Waals surface area contributed by atoms with E-state index in [1.54, 1.807) is 0 Å². The van der Waals surface area contributed by atoms with Crippen LogP contribution in [0.4, 0.5) is 17.1 Å². The molecule has 2 unspecified atom stereocenters. The van der Waals surface area contributed by atoms with Crippen LogP contribution in [0, 0.1) is 19.8 Å². The van der Waals surface area contributed by atoms with Crippen molar-refractivity contribution in [3.05, 3.63) is 192 Å². The van der Waals surface area contributed by atoms with Gasteiger partial charge in [-0.15, -0.1) is 0 Å². The molecule has 0 bridgehead atoms. The first-order valence-corrected chi connectivity index (χ1v) is 17.9.